The van der Waals surface area contributed by atoms with Crippen LogP contribution in [0.3, 0.4) is 0 Å². The molecule has 25 heavy (non-hydrogen) atoms. The summed E-state index contributed by atoms with van der Waals surface area (Å²) in [7, 11) is 0. The molecule has 0 heterocycles. The molecule has 9 heteroatoms. The maximum absolute atomic E-state index is 12.1. The molecule has 0 fully saturated rings. The van der Waals surface area contributed by atoms with Crippen molar-refractivity contribution in [3.05, 3.63) is 29.8 Å². The molecule has 1 aromatic carbocycles. The van der Waals surface area contributed by atoms with Gasteiger partial charge in [0, 0.05) is 5.69 Å². The fourth-order valence-corrected chi connectivity index (χ4v) is 1.86. The minimum Gasteiger partial charge on any atom is -0.398 e. The fraction of sp³-hybridized carbons (Fsp3) is 0.375. The molecule has 0 aliphatic carbocycles. The van der Waals surface area contributed by atoms with Gasteiger partial charge in [-0.15, -0.1) is 0 Å². The Balaban J connectivity index is 2.59. The number of nitrogens with one attached hydrogen (secondary N) is 3. The van der Waals surface area contributed by atoms with Crippen molar-refractivity contribution in [2.45, 2.75) is 38.9 Å². The first-order valence-corrected chi connectivity index (χ1v) is 7.69. The maximum Gasteiger partial charge on any atom is 0.254 e. The zero-order valence-electron chi connectivity index (χ0n) is 14.3. The predicted octanol–water partition coefficient (Wildman–Crippen LogP) is -1.12. The van der Waals surface area contributed by atoms with Gasteiger partial charge < -0.3 is 27.4 Å². The summed E-state index contributed by atoms with van der Waals surface area (Å²) in [5.41, 5.74) is 11.3. The number of rotatable bonds is 7. The molecule has 1 aromatic rings. The van der Waals surface area contributed by atoms with Crippen LogP contribution >= 0.6 is 0 Å². The molecule has 9 nitrogen and oxygen atoms in total. The number of anilines is 1. The number of carbonyl (C=O) groups excluding carboxylic acids is 4. The van der Waals surface area contributed by atoms with Crippen molar-refractivity contribution >= 4 is 29.3 Å². The molecule has 1 rings (SSSR count). The monoisotopic (exact) mass is 349 g/mol. The van der Waals surface area contributed by atoms with E-state index in [1.807, 2.05) is 0 Å². The van der Waals surface area contributed by atoms with Gasteiger partial charge in [0.05, 0.1) is 5.56 Å². The Morgan fingerprint density at radius 3 is 1.84 bits per heavy atom. The molecule has 0 saturated carbocycles. The quantitative estimate of drug-likeness (QED) is 0.394. The van der Waals surface area contributed by atoms with Gasteiger partial charge in [0.1, 0.15) is 18.1 Å². The van der Waals surface area contributed by atoms with Crippen molar-refractivity contribution in [2.24, 2.45) is 5.73 Å². The number of benzene rings is 1. The molecule has 136 valence electrons. The van der Waals surface area contributed by atoms with Gasteiger partial charge in [-0.1, -0.05) is 12.1 Å². The van der Waals surface area contributed by atoms with Crippen LogP contribution in [0.1, 0.15) is 31.1 Å². The lowest BCUT2D eigenvalue weighted by Gasteiger charge is -2.19. The summed E-state index contributed by atoms with van der Waals surface area (Å²) in [5.74, 6) is -2.31. The second-order valence-corrected chi connectivity index (χ2v) is 5.65. The van der Waals surface area contributed by atoms with Gasteiger partial charge in [-0.05, 0) is 32.9 Å². The highest BCUT2D eigenvalue weighted by Gasteiger charge is 2.23. The molecule has 0 aromatic heterocycles. The lowest BCUT2D eigenvalue weighted by Crippen LogP contribution is -2.54. The van der Waals surface area contributed by atoms with Crippen molar-refractivity contribution < 1.29 is 19.2 Å². The second-order valence-electron chi connectivity index (χ2n) is 5.65. The molecule has 3 atom stereocenters. The van der Waals surface area contributed by atoms with Crippen molar-refractivity contribution in [1.82, 2.24) is 16.0 Å². The molecule has 4 amide bonds. The van der Waals surface area contributed by atoms with Gasteiger partial charge >= 0.3 is 0 Å². The molecular weight excluding hydrogens is 326 g/mol. The second kappa shape index (κ2) is 8.67. The van der Waals surface area contributed by atoms with Crippen molar-refractivity contribution in [2.75, 3.05) is 5.73 Å². The molecule has 0 aliphatic rings. The Bertz CT molecular complexity index is 676. The third-order valence-corrected chi connectivity index (χ3v) is 3.48. The number of carbonyl (C=O) groups is 4. The van der Waals surface area contributed by atoms with Crippen molar-refractivity contribution in [1.29, 1.82) is 0 Å². The zero-order valence-corrected chi connectivity index (χ0v) is 14.3. The summed E-state index contributed by atoms with van der Waals surface area (Å²) in [4.78, 5) is 47.0. The summed E-state index contributed by atoms with van der Waals surface area (Å²) >= 11 is 0. The highest BCUT2D eigenvalue weighted by molar-refractivity contribution is 6.01. The van der Waals surface area contributed by atoms with E-state index in [-0.39, 0.29) is 5.56 Å². The Morgan fingerprint density at radius 1 is 0.840 bits per heavy atom. The summed E-state index contributed by atoms with van der Waals surface area (Å²) < 4.78 is 0. The first-order valence-electron chi connectivity index (χ1n) is 7.69. The van der Waals surface area contributed by atoms with E-state index >= 15 is 0 Å². The minimum absolute atomic E-state index is 0.253. The summed E-state index contributed by atoms with van der Waals surface area (Å²) in [5, 5.41) is 7.31. The van der Waals surface area contributed by atoms with Gasteiger partial charge in [-0.3, -0.25) is 19.2 Å². The minimum atomic E-state index is -0.907. The van der Waals surface area contributed by atoms with Gasteiger partial charge in [0.25, 0.3) is 5.91 Å². The summed E-state index contributed by atoms with van der Waals surface area (Å²) in [6, 6.07) is 3.80. The number of nitrogen functional groups attached to an aromatic ring is 1. The lowest BCUT2D eigenvalue weighted by atomic mass is 10.1. The first-order chi connectivity index (χ1) is 11.6. The number of amides is 4. The molecule has 0 spiro atoms. The molecule has 7 N–H and O–H groups in total. The number of para-hydroxylation sites is 1. The molecule has 0 aliphatic heterocycles. The lowest BCUT2D eigenvalue weighted by molar-refractivity contribution is -0.131. The first kappa shape index (κ1) is 19.9. The largest absolute Gasteiger partial charge is 0.398 e. The van der Waals surface area contributed by atoms with E-state index in [2.05, 4.69) is 16.0 Å². The van der Waals surface area contributed by atoms with Crippen LogP contribution < -0.4 is 27.4 Å². The Hall–Kier alpha value is -3.10. The summed E-state index contributed by atoms with van der Waals surface area (Å²) in [6.45, 7) is 4.36. The Kier molecular flexibility index (Phi) is 6.92. The number of nitrogens with two attached hydrogens (primary N) is 2. The molecule has 0 bridgehead atoms. The van der Waals surface area contributed by atoms with Gasteiger partial charge in [0.2, 0.25) is 17.7 Å². The average Bonchev–Trinajstić information content (AvgIpc) is 2.54. The van der Waals surface area contributed by atoms with Crippen LogP contribution in [0.15, 0.2) is 24.3 Å². The van der Waals surface area contributed by atoms with E-state index in [0.717, 1.165) is 0 Å². The molecule has 0 radical (unpaired) electrons. The zero-order chi connectivity index (χ0) is 19.1. The van der Waals surface area contributed by atoms with Gasteiger partial charge in [0.15, 0.2) is 0 Å². The van der Waals surface area contributed by atoms with E-state index in [1.165, 1.54) is 26.8 Å². The van der Waals surface area contributed by atoms with Gasteiger partial charge in [-0.25, -0.2) is 0 Å². The SMILES string of the molecule is C[C@H](NC(=O)[C@H](C)NC(=O)[C@H](C)NC(=O)c1ccccc1N)C(N)=O. The topological polar surface area (TPSA) is 156 Å². The Labute approximate surface area is 145 Å². The number of hydrogen-bond donors (Lipinski definition) is 5. The number of primary amides is 1. The van der Waals surface area contributed by atoms with Crippen LogP contribution in [0.2, 0.25) is 0 Å². The fourth-order valence-electron chi connectivity index (χ4n) is 1.86. The van der Waals surface area contributed by atoms with Crippen LogP contribution in [-0.2, 0) is 14.4 Å². The van der Waals surface area contributed by atoms with Crippen LogP contribution in [-0.4, -0.2) is 41.8 Å². The third kappa shape index (κ3) is 5.79. The van der Waals surface area contributed by atoms with E-state index in [4.69, 9.17) is 11.5 Å². The Morgan fingerprint density at radius 2 is 1.32 bits per heavy atom. The van der Waals surface area contributed by atoms with Crippen molar-refractivity contribution in [3.8, 4) is 0 Å². The molecule has 0 saturated heterocycles. The van der Waals surface area contributed by atoms with Crippen LogP contribution in [0, 0.1) is 0 Å². The number of hydrogen-bond acceptors (Lipinski definition) is 5. The maximum atomic E-state index is 12.1. The van der Waals surface area contributed by atoms with Crippen LogP contribution in [0.25, 0.3) is 0 Å². The van der Waals surface area contributed by atoms with Crippen molar-refractivity contribution in [3.63, 3.8) is 0 Å². The van der Waals surface area contributed by atoms with E-state index < -0.39 is 41.8 Å². The molecule has 0 unspecified atom stereocenters. The third-order valence-electron chi connectivity index (χ3n) is 3.48. The highest BCUT2D eigenvalue weighted by Crippen LogP contribution is 2.10. The highest BCUT2D eigenvalue weighted by atomic mass is 16.2. The van der Waals surface area contributed by atoms with E-state index in [9.17, 15) is 19.2 Å². The van der Waals surface area contributed by atoms with Gasteiger partial charge in [-0.2, -0.15) is 0 Å². The normalized spacial score (nSPS) is 13.9. The predicted molar refractivity (Wildman–Crippen MR) is 92.2 cm³/mol. The summed E-state index contributed by atoms with van der Waals surface area (Å²) in [6.07, 6.45) is 0. The van der Waals surface area contributed by atoms with E-state index in [0.29, 0.717) is 5.69 Å². The smallest absolute Gasteiger partial charge is 0.254 e. The average molecular weight is 349 g/mol. The molecular formula is C16H23N5O4. The standard InChI is InChI=1S/C16H23N5O4/c1-8(13(18)22)19-14(23)9(2)20-15(24)10(3)21-16(25)11-6-4-5-7-12(11)17/h4-10H,17H2,1-3H3,(H2,18,22)(H,19,23)(H,20,24)(H,21,25)/t8-,9-,10-/m0/s1. The van der Waals surface area contributed by atoms with Crippen LogP contribution in [0.5, 0.6) is 0 Å². The van der Waals surface area contributed by atoms with E-state index in [1.54, 1.807) is 18.2 Å². The van der Waals surface area contributed by atoms with Crippen LogP contribution in [0.4, 0.5) is 5.69 Å².